The summed E-state index contributed by atoms with van der Waals surface area (Å²) in [6.45, 7) is -0.170. The van der Waals surface area contributed by atoms with Crippen LogP contribution in [-0.4, -0.2) is 40.1 Å². The Labute approximate surface area is 217 Å². The highest BCUT2D eigenvalue weighted by Crippen LogP contribution is 2.38. The Morgan fingerprint density at radius 1 is 1.18 bits per heavy atom. The van der Waals surface area contributed by atoms with Crippen molar-refractivity contribution in [1.29, 1.82) is 0 Å². The van der Waals surface area contributed by atoms with E-state index in [1.807, 2.05) is 0 Å². The molecule has 1 aliphatic heterocycles. The molecule has 1 atom stereocenters. The van der Waals surface area contributed by atoms with Crippen molar-refractivity contribution in [2.45, 2.75) is 25.6 Å². The molecular weight excluding hydrogens is 534 g/mol. The standard InChI is InChI=1S/C24H20ClF4N5O4/c25-14-1-2-18(16(6-14)24(27,28)29)33-15-7-17(26)19(30-10-15)11-31-22(37)23(3-4-38-12-23)8-20(35)13-5-21(36)34-32-9-13/h1-2,5-7,9-10,33H,3-4,8,11-12H2,(H,31,37)(H,34,36)/t23-/m0/s1. The van der Waals surface area contributed by atoms with E-state index in [4.69, 9.17) is 16.3 Å². The first-order chi connectivity index (χ1) is 18.0. The maximum atomic E-state index is 14.7. The number of rotatable bonds is 8. The fraction of sp³-hybridized carbons (Fsp3) is 0.292. The van der Waals surface area contributed by atoms with Gasteiger partial charge in [0.25, 0.3) is 5.56 Å². The van der Waals surface area contributed by atoms with Crippen LogP contribution < -0.4 is 16.2 Å². The molecule has 0 unspecified atom stereocenters. The molecule has 2 aromatic heterocycles. The number of Topliss-reactive ketones (excluding diaryl/α,β-unsaturated/α-hetero) is 1. The molecular formula is C24H20ClF4N5O4. The smallest absolute Gasteiger partial charge is 0.380 e. The van der Waals surface area contributed by atoms with E-state index >= 15 is 0 Å². The number of ether oxygens (including phenoxy) is 1. The number of benzene rings is 1. The molecule has 0 aliphatic carbocycles. The van der Waals surface area contributed by atoms with Crippen LogP contribution in [0.2, 0.25) is 5.02 Å². The average Bonchev–Trinajstić information content (AvgIpc) is 3.33. The third-order valence-corrected chi connectivity index (χ3v) is 6.21. The first-order valence-electron chi connectivity index (χ1n) is 11.2. The van der Waals surface area contributed by atoms with Gasteiger partial charge in [0, 0.05) is 35.7 Å². The van der Waals surface area contributed by atoms with Gasteiger partial charge in [-0.3, -0.25) is 19.4 Å². The molecule has 1 amide bonds. The van der Waals surface area contributed by atoms with Crippen molar-refractivity contribution in [3.05, 3.63) is 80.7 Å². The summed E-state index contributed by atoms with van der Waals surface area (Å²) in [6.07, 6.45) is -2.43. The minimum Gasteiger partial charge on any atom is -0.380 e. The maximum absolute atomic E-state index is 14.7. The zero-order valence-electron chi connectivity index (χ0n) is 19.5. The number of pyridine rings is 1. The second-order valence-electron chi connectivity index (χ2n) is 8.66. The van der Waals surface area contributed by atoms with Crippen LogP contribution >= 0.6 is 11.6 Å². The molecule has 1 aromatic carbocycles. The topological polar surface area (TPSA) is 126 Å². The van der Waals surface area contributed by atoms with Crippen LogP contribution in [0, 0.1) is 11.2 Å². The lowest BCUT2D eigenvalue weighted by Gasteiger charge is -2.25. The minimum atomic E-state index is -4.70. The summed E-state index contributed by atoms with van der Waals surface area (Å²) in [4.78, 5) is 41.1. The summed E-state index contributed by atoms with van der Waals surface area (Å²) in [5, 5.41) is 10.7. The van der Waals surface area contributed by atoms with Crippen molar-refractivity contribution in [2.24, 2.45) is 5.41 Å². The number of halogens is 5. The van der Waals surface area contributed by atoms with E-state index < -0.39 is 40.2 Å². The summed E-state index contributed by atoms with van der Waals surface area (Å²) in [6, 6.07) is 5.14. The second kappa shape index (κ2) is 10.9. The van der Waals surface area contributed by atoms with Crippen molar-refractivity contribution in [3.8, 4) is 0 Å². The minimum absolute atomic E-state index is 0.0398. The second-order valence-corrected chi connectivity index (χ2v) is 9.10. The predicted octanol–water partition coefficient (Wildman–Crippen LogP) is 4.02. The van der Waals surface area contributed by atoms with E-state index in [0.29, 0.717) is 0 Å². The highest BCUT2D eigenvalue weighted by Gasteiger charge is 2.44. The quantitative estimate of drug-likeness (QED) is 0.284. The van der Waals surface area contributed by atoms with E-state index in [1.165, 1.54) is 12.3 Å². The molecule has 0 bridgehead atoms. The molecule has 4 rings (SSSR count). The van der Waals surface area contributed by atoms with Gasteiger partial charge in [-0.15, -0.1) is 0 Å². The number of nitrogens with one attached hydrogen (secondary N) is 3. The van der Waals surface area contributed by atoms with E-state index in [0.717, 1.165) is 30.5 Å². The Morgan fingerprint density at radius 3 is 2.63 bits per heavy atom. The zero-order chi connectivity index (χ0) is 27.5. The number of ketones is 1. The Kier molecular flexibility index (Phi) is 7.78. The first kappa shape index (κ1) is 27.2. The number of amides is 1. The van der Waals surface area contributed by atoms with Crippen LogP contribution in [0.15, 0.2) is 47.5 Å². The van der Waals surface area contributed by atoms with Crippen LogP contribution in [0.25, 0.3) is 0 Å². The molecule has 200 valence electrons. The van der Waals surface area contributed by atoms with Gasteiger partial charge >= 0.3 is 6.18 Å². The van der Waals surface area contributed by atoms with Crippen molar-refractivity contribution in [3.63, 3.8) is 0 Å². The Hall–Kier alpha value is -3.84. The van der Waals surface area contributed by atoms with E-state index in [1.54, 1.807) is 0 Å². The molecule has 38 heavy (non-hydrogen) atoms. The van der Waals surface area contributed by atoms with E-state index in [9.17, 15) is 31.9 Å². The number of aromatic nitrogens is 3. The highest BCUT2D eigenvalue weighted by molar-refractivity contribution is 6.30. The molecule has 14 heteroatoms. The summed E-state index contributed by atoms with van der Waals surface area (Å²) in [5.41, 5.74) is -3.36. The van der Waals surface area contributed by atoms with Crippen molar-refractivity contribution >= 4 is 34.7 Å². The lowest BCUT2D eigenvalue weighted by Crippen LogP contribution is -2.43. The first-order valence-corrected chi connectivity index (χ1v) is 11.6. The Balaban J connectivity index is 1.45. The van der Waals surface area contributed by atoms with Gasteiger partial charge in [-0.05, 0) is 24.6 Å². The molecule has 1 fully saturated rings. The largest absolute Gasteiger partial charge is 0.418 e. The van der Waals surface area contributed by atoms with Crippen molar-refractivity contribution < 1.29 is 31.9 Å². The third-order valence-electron chi connectivity index (χ3n) is 5.97. The average molecular weight is 554 g/mol. The summed E-state index contributed by atoms with van der Waals surface area (Å²) >= 11 is 5.68. The lowest BCUT2D eigenvalue weighted by molar-refractivity contribution is -0.137. The SMILES string of the molecule is O=C(C[C@@]1(C(=O)NCc2ncc(Nc3ccc(Cl)cc3C(F)(F)F)cc2F)CCOC1)c1cn[nH]c(=O)c1. The summed E-state index contributed by atoms with van der Waals surface area (Å²) in [7, 11) is 0. The third kappa shape index (κ3) is 6.17. The fourth-order valence-corrected chi connectivity index (χ4v) is 4.15. The van der Waals surface area contributed by atoms with Crippen LogP contribution in [-0.2, 0) is 22.3 Å². The van der Waals surface area contributed by atoms with Gasteiger partial charge in [0.1, 0.15) is 5.82 Å². The van der Waals surface area contributed by atoms with Gasteiger partial charge in [0.2, 0.25) is 5.91 Å². The molecule has 1 saturated heterocycles. The molecule has 1 aliphatic rings. The number of hydrogen-bond donors (Lipinski definition) is 3. The van der Waals surface area contributed by atoms with Crippen LogP contribution in [0.3, 0.4) is 0 Å². The predicted molar refractivity (Wildman–Crippen MR) is 127 cm³/mol. The number of nitrogens with zero attached hydrogens (tertiary/aromatic N) is 2. The Bertz CT molecular complexity index is 1420. The molecule has 3 N–H and O–H groups in total. The van der Waals surface area contributed by atoms with E-state index in [2.05, 4.69) is 25.8 Å². The highest BCUT2D eigenvalue weighted by atomic mass is 35.5. The monoisotopic (exact) mass is 553 g/mol. The number of anilines is 2. The molecule has 9 nitrogen and oxygen atoms in total. The van der Waals surface area contributed by atoms with E-state index in [-0.39, 0.29) is 60.3 Å². The lowest BCUT2D eigenvalue weighted by atomic mass is 9.80. The van der Waals surface area contributed by atoms with Gasteiger partial charge in [-0.1, -0.05) is 11.6 Å². The number of alkyl halides is 3. The van der Waals surface area contributed by atoms with Crippen LogP contribution in [0.1, 0.15) is 34.5 Å². The molecule has 0 spiro atoms. The number of H-pyrrole nitrogens is 1. The van der Waals surface area contributed by atoms with Gasteiger partial charge in [0.05, 0.1) is 53.6 Å². The number of hydrogen-bond acceptors (Lipinski definition) is 7. The molecule has 0 saturated carbocycles. The zero-order valence-corrected chi connectivity index (χ0v) is 20.3. The number of carbonyl (C=O) groups is 2. The number of aromatic amines is 1. The van der Waals surface area contributed by atoms with Crippen molar-refractivity contribution in [1.82, 2.24) is 20.5 Å². The van der Waals surface area contributed by atoms with Gasteiger partial charge < -0.3 is 15.4 Å². The molecule has 0 radical (unpaired) electrons. The molecule has 3 heterocycles. The summed E-state index contributed by atoms with van der Waals surface area (Å²) in [5.74, 6) is -1.93. The fourth-order valence-electron chi connectivity index (χ4n) is 3.98. The van der Waals surface area contributed by atoms with Crippen LogP contribution in [0.5, 0.6) is 0 Å². The van der Waals surface area contributed by atoms with Crippen molar-refractivity contribution in [2.75, 3.05) is 18.5 Å². The summed E-state index contributed by atoms with van der Waals surface area (Å²) < 4.78 is 60.1. The molecule has 3 aromatic rings. The van der Waals surface area contributed by atoms with Crippen LogP contribution in [0.4, 0.5) is 28.9 Å². The maximum Gasteiger partial charge on any atom is 0.418 e. The van der Waals surface area contributed by atoms with Gasteiger partial charge in [0.15, 0.2) is 5.78 Å². The Morgan fingerprint density at radius 2 is 1.97 bits per heavy atom. The van der Waals surface area contributed by atoms with Gasteiger partial charge in [-0.2, -0.15) is 18.3 Å². The number of carbonyl (C=O) groups excluding carboxylic acids is 2. The van der Waals surface area contributed by atoms with Gasteiger partial charge in [-0.25, -0.2) is 9.49 Å². The normalized spacial score (nSPS) is 17.3.